The fourth-order valence-electron chi connectivity index (χ4n) is 2.21. The van der Waals surface area contributed by atoms with E-state index in [1.807, 2.05) is 0 Å². The molecule has 0 aromatic carbocycles. The van der Waals surface area contributed by atoms with E-state index in [4.69, 9.17) is 0 Å². The molecular formula is C13H19F3N4S. The van der Waals surface area contributed by atoms with E-state index < -0.39 is 12.2 Å². The second-order valence-corrected chi connectivity index (χ2v) is 6.35. The highest BCUT2D eigenvalue weighted by Gasteiger charge is 2.44. The second kappa shape index (κ2) is 6.83. The van der Waals surface area contributed by atoms with E-state index in [1.54, 1.807) is 31.3 Å². The summed E-state index contributed by atoms with van der Waals surface area (Å²) in [5.74, 6) is 1.38. The summed E-state index contributed by atoms with van der Waals surface area (Å²) in [4.78, 5) is 11.6. The Kier molecular flexibility index (Phi) is 5.32. The summed E-state index contributed by atoms with van der Waals surface area (Å²) in [6.45, 7) is 0.645. The predicted octanol–water partition coefficient (Wildman–Crippen LogP) is 2.41. The van der Waals surface area contributed by atoms with Crippen LogP contribution in [0.25, 0.3) is 0 Å². The lowest BCUT2D eigenvalue weighted by Gasteiger charge is -2.30. The molecule has 0 saturated carbocycles. The number of nitrogens with zero attached hydrogens (tertiary/aromatic N) is 4. The maximum Gasteiger partial charge on any atom is 0.404 e. The van der Waals surface area contributed by atoms with Crippen molar-refractivity contribution < 1.29 is 13.2 Å². The highest BCUT2D eigenvalue weighted by molar-refractivity contribution is 7.99. The highest BCUT2D eigenvalue weighted by atomic mass is 32.2. The van der Waals surface area contributed by atoms with Crippen molar-refractivity contribution in [3.8, 4) is 0 Å². The first kappa shape index (κ1) is 16.4. The van der Waals surface area contributed by atoms with Crippen LogP contribution in [0.2, 0.25) is 0 Å². The zero-order chi connectivity index (χ0) is 15.5. The first-order chi connectivity index (χ1) is 9.88. The minimum absolute atomic E-state index is 0.0924. The largest absolute Gasteiger partial charge is 0.404 e. The number of alkyl halides is 3. The molecule has 118 valence electrons. The molecule has 1 aliphatic rings. The molecule has 1 aromatic rings. The third-order valence-electron chi connectivity index (χ3n) is 3.29. The molecule has 1 fully saturated rings. The van der Waals surface area contributed by atoms with Crippen molar-refractivity contribution in [3.05, 3.63) is 18.0 Å². The average Bonchev–Trinajstić information content (AvgIpc) is 2.64. The molecule has 1 aliphatic heterocycles. The minimum Gasteiger partial charge on any atom is -0.347 e. The molecule has 1 aromatic heterocycles. The van der Waals surface area contributed by atoms with Crippen LogP contribution in [0.3, 0.4) is 0 Å². The number of halogens is 3. The number of rotatable bonds is 3. The molecule has 0 N–H and O–H groups in total. The van der Waals surface area contributed by atoms with Crippen LogP contribution >= 0.6 is 11.8 Å². The van der Waals surface area contributed by atoms with Crippen LogP contribution in [-0.2, 0) is 6.54 Å². The molecule has 1 unspecified atom stereocenters. The van der Waals surface area contributed by atoms with Crippen LogP contribution in [0, 0.1) is 0 Å². The molecule has 1 saturated heterocycles. The van der Waals surface area contributed by atoms with Gasteiger partial charge in [-0.15, -0.1) is 0 Å². The number of aromatic nitrogens is 2. The third kappa shape index (κ3) is 4.47. The van der Waals surface area contributed by atoms with Crippen LogP contribution in [-0.4, -0.2) is 59.2 Å². The summed E-state index contributed by atoms with van der Waals surface area (Å²) >= 11 is 1.37. The quantitative estimate of drug-likeness (QED) is 0.854. The highest BCUT2D eigenvalue weighted by Crippen LogP contribution is 2.31. The van der Waals surface area contributed by atoms with Crippen molar-refractivity contribution >= 4 is 17.7 Å². The monoisotopic (exact) mass is 320 g/mol. The Balaban J connectivity index is 2.16. The fraction of sp³-hybridized carbons (Fsp3) is 0.692. The normalized spacial score (nSPS) is 21.1. The lowest BCUT2D eigenvalue weighted by molar-refractivity contribution is -0.178. The molecule has 0 amide bonds. The van der Waals surface area contributed by atoms with Crippen molar-refractivity contribution in [2.75, 3.05) is 37.0 Å². The van der Waals surface area contributed by atoms with Crippen molar-refractivity contribution in [1.29, 1.82) is 0 Å². The van der Waals surface area contributed by atoms with Crippen LogP contribution in [0.4, 0.5) is 19.1 Å². The molecule has 0 aliphatic carbocycles. The van der Waals surface area contributed by atoms with Gasteiger partial charge < -0.3 is 4.90 Å². The Morgan fingerprint density at radius 2 is 2.19 bits per heavy atom. The number of hydrogen-bond acceptors (Lipinski definition) is 5. The van der Waals surface area contributed by atoms with E-state index in [2.05, 4.69) is 9.97 Å². The molecular weight excluding hydrogens is 301 g/mol. The maximum absolute atomic E-state index is 13.2. The Labute approximate surface area is 126 Å². The van der Waals surface area contributed by atoms with E-state index in [-0.39, 0.29) is 12.3 Å². The molecule has 8 heteroatoms. The number of anilines is 1. The predicted molar refractivity (Wildman–Crippen MR) is 78.6 cm³/mol. The smallest absolute Gasteiger partial charge is 0.347 e. The van der Waals surface area contributed by atoms with Gasteiger partial charge in [-0.2, -0.15) is 24.9 Å². The van der Waals surface area contributed by atoms with E-state index >= 15 is 0 Å². The van der Waals surface area contributed by atoms with Crippen molar-refractivity contribution in [2.45, 2.75) is 25.2 Å². The van der Waals surface area contributed by atoms with Crippen LogP contribution in [0.1, 0.15) is 12.1 Å². The Bertz CT molecular complexity index is 467. The van der Waals surface area contributed by atoms with Crippen LogP contribution < -0.4 is 4.90 Å². The summed E-state index contributed by atoms with van der Waals surface area (Å²) in [7, 11) is 3.61. The lowest BCUT2D eigenvalue weighted by atomic mass is 10.2. The summed E-state index contributed by atoms with van der Waals surface area (Å²) in [6.07, 6.45) is -1.84. The first-order valence-electron chi connectivity index (χ1n) is 6.75. The summed E-state index contributed by atoms with van der Waals surface area (Å²) in [5, 5.41) is 0. The van der Waals surface area contributed by atoms with Crippen molar-refractivity contribution in [2.24, 2.45) is 0 Å². The molecule has 2 rings (SSSR count). The Morgan fingerprint density at radius 3 is 2.86 bits per heavy atom. The van der Waals surface area contributed by atoms with Crippen molar-refractivity contribution in [3.63, 3.8) is 0 Å². The van der Waals surface area contributed by atoms with E-state index in [0.29, 0.717) is 18.2 Å². The third-order valence-corrected chi connectivity index (χ3v) is 4.42. The second-order valence-electron chi connectivity index (χ2n) is 5.20. The van der Waals surface area contributed by atoms with Gasteiger partial charge in [0.2, 0.25) is 5.95 Å². The van der Waals surface area contributed by atoms with Crippen LogP contribution in [0.15, 0.2) is 12.3 Å². The zero-order valence-electron chi connectivity index (χ0n) is 12.1. The van der Waals surface area contributed by atoms with Crippen molar-refractivity contribution in [1.82, 2.24) is 14.9 Å². The van der Waals surface area contributed by atoms with E-state index in [0.717, 1.165) is 12.2 Å². The average molecular weight is 320 g/mol. The van der Waals surface area contributed by atoms with Gasteiger partial charge in [0.25, 0.3) is 0 Å². The molecule has 0 spiro atoms. The van der Waals surface area contributed by atoms with E-state index in [9.17, 15) is 13.2 Å². The van der Waals surface area contributed by atoms with Gasteiger partial charge in [-0.3, -0.25) is 4.90 Å². The van der Waals surface area contributed by atoms with Gasteiger partial charge in [0.1, 0.15) is 6.04 Å². The molecule has 2 heterocycles. The topological polar surface area (TPSA) is 32.3 Å². The van der Waals surface area contributed by atoms with Gasteiger partial charge in [-0.1, -0.05) is 0 Å². The lowest BCUT2D eigenvalue weighted by Crippen LogP contribution is -2.46. The fourth-order valence-corrected chi connectivity index (χ4v) is 3.34. The molecule has 1 atom stereocenters. The van der Waals surface area contributed by atoms with Crippen LogP contribution in [0.5, 0.6) is 0 Å². The van der Waals surface area contributed by atoms with Gasteiger partial charge in [-0.05, 0) is 24.8 Å². The van der Waals surface area contributed by atoms with Gasteiger partial charge in [0.05, 0.1) is 5.69 Å². The molecule has 0 radical (unpaired) electrons. The SMILES string of the molecule is CN(C)c1nccc(CN2CCCSCC2C(F)(F)F)n1. The minimum atomic E-state index is -4.20. The Morgan fingerprint density at radius 1 is 1.43 bits per heavy atom. The maximum atomic E-state index is 13.2. The number of hydrogen-bond donors (Lipinski definition) is 0. The Hall–Kier alpha value is -1.02. The molecule has 0 bridgehead atoms. The summed E-state index contributed by atoms with van der Waals surface area (Å²) in [5.41, 5.74) is 0.620. The van der Waals surface area contributed by atoms with Gasteiger partial charge in [0.15, 0.2) is 0 Å². The molecule has 4 nitrogen and oxygen atoms in total. The summed E-state index contributed by atoms with van der Waals surface area (Å²) < 4.78 is 39.6. The van der Waals surface area contributed by atoms with E-state index in [1.165, 1.54) is 16.7 Å². The van der Waals surface area contributed by atoms with Gasteiger partial charge >= 0.3 is 6.18 Å². The van der Waals surface area contributed by atoms with Gasteiger partial charge in [-0.25, -0.2) is 9.97 Å². The standard InChI is InChI=1S/C13H19F3N4S/c1-19(2)12-17-5-4-10(18-12)8-20-6-3-7-21-9-11(20)13(14,15)16/h4-5,11H,3,6-9H2,1-2H3. The summed E-state index contributed by atoms with van der Waals surface area (Å²) in [6, 6.07) is 0.279. The van der Waals surface area contributed by atoms with Gasteiger partial charge in [0, 0.05) is 32.6 Å². The zero-order valence-corrected chi connectivity index (χ0v) is 12.9. The first-order valence-corrected chi connectivity index (χ1v) is 7.91. The molecule has 21 heavy (non-hydrogen) atoms. The number of thioether (sulfide) groups is 1.